The Labute approximate surface area is 208 Å². The third kappa shape index (κ3) is 5.80. The minimum atomic E-state index is -0.480. The molecule has 8 heteroatoms. The van der Waals surface area contributed by atoms with Crippen LogP contribution in [0.1, 0.15) is 33.6 Å². The summed E-state index contributed by atoms with van der Waals surface area (Å²) >= 11 is 6.25. The lowest BCUT2D eigenvalue weighted by atomic mass is 9.82. The number of hydrogen-bond donors (Lipinski definition) is 0. The van der Waals surface area contributed by atoms with Crippen LogP contribution in [-0.4, -0.2) is 38.0 Å². The highest BCUT2D eigenvalue weighted by molar-refractivity contribution is 6.34. The Hall–Kier alpha value is -3.03. The van der Waals surface area contributed by atoms with Crippen molar-refractivity contribution in [3.8, 4) is 22.8 Å². The largest absolute Gasteiger partial charge is 0.492 e. The second-order valence-electron chi connectivity index (χ2n) is 9.47. The summed E-state index contributed by atoms with van der Waals surface area (Å²) in [5.74, 6) is 0.988. The second-order valence-corrected chi connectivity index (χ2v) is 9.88. The topological polar surface area (TPSA) is 84.2 Å². The van der Waals surface area contributed by atoms with E-state index in [9.17, 15) is 9.59 Å². The molecule has 0 amide bonds. The molecular formula is C27H29ClO7. The fourth-order valence-electron chi connectivity index (χ4n) is 3.96. The van der Waals surface area contributed by atoms with E-state index in [0.717, 1.165) is 0 Å². The summed E-state index contributed by atoms with van der Waals surface area (Å²) in [6, 6.07) is 11.8. The summed E-state index contributed by atoms with van der Waals surface area (Å²) in [6.07, 6.45) is 1.31. The van der Waals surface area contributed by atoms with E-state index in [-0.39, 0.29) is 23.4 Å². The van der Waals surface area contributed by atoms with Crippen molar-refractivity contribution in [3.05, 3.63) is 57.7 Å². The fourth-order valence-corrected chi connectivity index (χ4v) is 4.17. The van der Waals surface area contributed by atoms with E-state index >= 15 is 0 Å². The number of para-hydroxylation sites is 2. The summed E-state index contributed by atoms with van der Waals surface area (Å²) in [4.78, 5) is 24.7. The zero-order valence-corrected chi connectivity index (χ0v) is 21.0. The van der Waals surface area contributed by atoms with Crippen LogP contribution < -0.4 is 14.9 Å². The molecule has 1 aromatic heterocycles. The molecule has 186 valence electrons. The molecule has 0 radical (unpaired) electrons. The van der Waals surface area contributed by atoms with Crippen molar-refractivity contribution in [1.29, 1.82) is 0 Å². The molecular weight excluding hydrogens is 472 g/mol. The highest BCUT2D eigenvalue weighted by atomic mass is 35.5. The van der Waals surface area contributed by atoms with Gasteiger partial charge >= 0.3 is 5.97 Å². The number of halogens is 1. The predicted octanol–water partition coefficient (Wildman–Crippen LogP) is 5.64. The third-order valence-electron chi connectivity index (χ3n) is 5.68. The lowest BCUT2D eigenvalue weighted by molar-refractivity contribution is -0.169. The normalized spacial score (nSPS) is 17.6. The molecule has 2 aromatic carbocycles. The van der Waals surface area contributed by atoms with Crippen LogP contribution in [0, 0.1) is 5.92 Å². The molecule has 1 aliphatic rings. The summed E-state index contributed by atoms with van der Waals surface area (Å²) in [5.41, 5.74) is 0.218. The molecule has 0 N–H and O–H groups in total. The Balaban J connectivity index is 1.38. The number of ether oxygens (including phenoxy) is 4. The molecule has 1 heterocycles. The minimum absolute atomic E-state index is 0.0148. The molecule has 35 heavy (non-hydrogen) atoms. The maximum atomic E-state index is 12.6. The lowest BCUT2D eigenvalue weighted by Crippen LogP contribution is -2.40. The minimum Gasteiger partial charge on any atom is -0.492 e. The Morgan fingerprint density at radius 3 is 2.57 bits per heavy atom. The second kappa shape index (κ2) is 10.3. The van der Waals surface area contributed by atoms with Crippen LogP contribution in [0.15, 0.2) is 51.7 Å². The quantitative estimate of drug-likeness (QED) is 0.292. The number of fused-ring (bicyclic) bond motifs is 1. The van der Waals surface area contributed by atoms with Gasteiger partial charge in [-0.15, -0.1) is 0 Å². The Bertz CT molecular complexity index is 1270. The molecule has 1 aliphatic carbocycles. The molecule has 1 saturated carbocycles. The van der Waals surface area contributed by atoms with Crippen LogP contribution in [0.25, 0.3) is 22.3 Å². The molecule has 0 spiro atoms. The highest BCUT2D eigenvalue weighted by Crippen LogP contribution is 2.39. The van der Waals surface area contributed by atoms with Gasteiger partial charge in [0.1, 0.15) is 18.0 Å². The van der Waals surface area contributed by atoms with Gasteiger partial charge in [0, 0.05) is 6.07 Å². The average molecular weight is 501 g/mol. The third-order valence-corrected chi connectivity index (χ3v) is 5.98. The van der Waals surface area contributed by atoms with Gasteiger partial charge in [0.2, 0.25) is 0 Å². The molecule has 7 nitrogen and oxygen atoms in total. The van der Waals surface area contributed by atoms with E-state index in [4.69, 9.17) is 35.0 Å². The number of hydrogen-bond acceptors (Lipinski definition) is 7. The average Bonchev–Trinajstić information content (AvgIpc) is 2.76. The van der Waals surface area contributed by atoms with Crippen LogP contribution in [0.5, 0.6) is 11.5 Å². The summed E-state index contributed by atoms with van der Waals surface area (Å²) in [5, 5.41) is 0.768. The van der Waals surface area contributed by atoms with Gasteiger partial charge in [0.05, 0.1) is 41.7 Å². The first kappa shape index (κ1) is 25.1. The smallest absolute Gasteiger partial charge is 0.309 e. The number of carbonyl (C=O) groups is 1. The summed E-state index contributed by atoms with van der Waals surface area (Å²) in [7, 11) is 1.53. The van der Waals surface area contributed by atoms with Gasteiger partial charge in [-0.1, -0.05) is 23.7 Å². The zero-order chi connectivity index (χ0) is 25.2. The van der Waals surface area contributed by atoms with E-state index in [1.807, 2.05) is 20.8 Å². The highest BCUT2D eigenvalue weighted by Gasteiger charge is 2.37. The van der Waals surface area contributed by atoms with Crippen molar-refractivity contribution in [2.45, 2.75) is 45.3 Å². The van der Waals surface area contributed by atoms with E-state index < -0.39 is 5.60 Å². The predicted molar refractivity (Wildman–Crippen MR) is 133 cm³/mol. The van der Waals surface area contributed by atoms with Gasteiger partial charge in [-0.05, 0) is 57.9 Å². The summed E-state index contributed by atoms with van der Waals surface area (Å²) in [6.45, 7) is 6.24. The van der Waals surface area contributed by atoms with Gasteiger partial charge in [0.25, 0.3) is 0 Å². The first-order chi connectivity index (χ1) is 16.7. The van der Waals surface area contributed by atoms with E-state index in [2.05, 4.69) is 0 Å². The lowest BCUT2D eigenvalue weighted by Gasteiger charge is -2.35. The molecule has 1 fully saturated rings. The van der Waals surface area contributed by atoms with E-state index in [0.29, 0.717) is 64.9 Å². The molecule has 0 saturated heterocycles. The van der Waals surface area contributed by atoms with E-state index in [1.54, 1.807) is 36.4 Å². The number of methoxy groups -OCH3 is 1. The molecule has 0 bridgehead atoms. The Morgan fingerprint density at radius 1 is 1.11 bits per heavy atom. The van der Waals surface area contributed by atoms with Gasteiger partial charge in [-0.25, -0.2) is 0 Å². The van der Waals surface area contributed by atoms with Crippen LogP contribution in [0.3, 0.4) is 0 Å². The van der Waals surface area contributed by atoms with Gasteiger partial charge in [0.15, 0.2) is 22.5 Å². The maximum Gasteiger partial charge on any atom is 0.309 e. The van der Waals surface area contributed by atoms with Crippen molar-refractivity contribution >= 4 is 28.5 Å². The number of esters is 1. The fraction of sp³-hybridized carbons (Fsp3) is 0.407. The van der Waals surface area contributed by atoms with Crippen molar-refractivity contribution in [1.82, 2.24) is 0 Å². The first-order valence-electron chi connectivity index (χ1n) is 11.5. The number of benzene rings is 2. The zero-order valence-electron chi connectivity index (χ0n) is 20.3. The van der Waals surface area contributed by atoms with E-state index in [1.165, 1.54) is 13.2 Å². The number of rotatable bonds is 8. The van der Waals surface area contributed by atoms with Crippen LogP contribution in [-0.2, 0) is 14.3 Å². The number of carbonyl (C=O) groups excluding carboxylic acids is 1. The van der Waals surface area contributed by atoms with Crippen molar-refractivity contribution in [3.63, 3.8) is 0 Å². The van der Waals surface area contributed by atoms with Crippen LogP contribution in [0.4, 0.5) is 0 Å². The van der Waals surface area contributed by atoms with Gasteiger partial charge in [-0.2, -0.15) is 0 Å². The molecule has 0 atom stereocenters. The Morgan fingerprint density at radius 2 is 1.86 bits per heavy atom. The van der Waals surface area contributed by atoms with Crippen molar-refractivity contribution < 1.29 is 28.2 Å². The standard InChI is InChI=1S/C27H29ClO7/c1-27(2,3)35-26(30)16-13-17(14-16)32-11-12-33-22-10-6-8-19(25(22)31-4)23-15-21(29)18-7-5-9-20(28)24(18)34-23/h5-10,15-17H,11-14H2,1-4H3/t16-,17+. The molecule has 0 unspecified atom stereocenters. The molecule has 4 rings (SSSR count). The maximum absolute atomic E-state index is 12.6. The van der Waals surface area contributed by atoms with Crippen LogP contribution in [0.2, 0.25) is 5.02 Å². The Kier molecular flexibility index (Phi) is 7.38. The SMILES string of the molecule is COc1c(OCCO[C@H]2C[C@@H](C(=O)OC(C)(C)C)C2)cccc1-c1cc(=O)c2cccc(Cl)c2o1. The van der Waals surface area contributed by atoms with Gasteiger partial charge in [-0.3, -0.25) is 9.59 Å². The first-order valence-corrected chi connectivity index (χ1v) is 11.9. The monoisotopic (exact) mass is 500 g/mol. The summed E-state index contributed by atoms with van der Waals surface area (Å²) < 4.78 is 28.7. The van der Waals surface area contributed by atoms with Crippen LogP contribution >= 0.6 is 11.6 Å². The molecule has 3 aromatic rings. The van der Waals surface area contributed by atoms with Gasteiger partial charge < -0.3 is 23.4 Å². The molecule has 0 aliphatic heterocycles. The van der Waals surface area contributed by atoms with Crippen molar-refractivity contribution in [2.24, 2.45) is 5.92 Å². The van der Waals surface area contributed by atoms with Crippen molar-refractivity contribution in [2.75, 3.05) is 20.3 Å².